The molecule has 38 heavy (non-hydrogen) atoms. The quantitative estimate of drug-likeness (QED) is 0.155. The molecule has 202 valence electrons. The first-order chi connectivity index (χ1) is 18.4. The normalized spacial score (nSPS) is 19.4. The van der Waals surface area contributed by atoms with Crippen LogP contribution in [0.3, 0.4) is 0 Å². The zero-order valence-electron chi connectivity index (χ0n) is 23.4. The fourth-order valence-corrected chi connectivity index (χ4v) is 7.06. The van der Waals surface area contributed by atoms with Crippen LogP contribution in [0.5, 0.6) is 0 Å². The van der Waals surface area contributed by atoms with Crippen LogP contribution in [-0.2, 0) is 9.53 Å². The molecule has 2 fully saturated rings. The van der Waals surface area contributed by atoms with Gasteiger partial charge < -0.3 is 4.74 Å². The van der Waals surface area contributed by atoms with Crippen molar-refractivity contribution in [3.05, 3.63) is 48.3 Å². The van der Waals surface area contributed by atoms with Crippen LogP contribution in [0.25, 0.3) is 16.5 Å². The molecule has 3 aromatic rings. The van der Waals surface area contributed by atoms with Crippen LogP contribution in [0.15, 0.2) is 47.9 Å². The number of thioether (sulfide) groups is 1. The number of aromatic nitrogens is 3. The van der Waals surface area contributed by atoms with Gasteiger partial charge in [0.15, 0.2) is 5.16 Å². The van der Waals surface area contributed by atoms with E-state index in [0.717, 1.165) is 42.9 Å². The first-order valence-corrected chi connectivity index (χ1v) is 15.7. The van der Waals surface area contributed by atoms with Gasteiger partial charge in [-0.15, -0.1) is 10.2 Å². The third-order valence-corrected chi connectivity index (χ3v) is 10.0. The van der Waals surface area contributed by atoms with E-state index >= 15 is 0 Å². The lowest BCUT2D eigenvalue weighted by Crippen LogP contribution is -2.45. The van der Waals surface area contributed by atoms with E-state index in [1.165, 1.54) is 73.0 Å². The monoisotopic (exact) mass is 531 g/mol. The molecule has 0 radical (unpaired) electrons. The van der Waals surface area contributed by atoms with Crippen LogP contribution < -0.4 is 0 Å². The number of carbonyl (C=O) groups excluding carboxylic acids is 1. The van der Waals surface area contributed by atoms with Crippen molar-refractivity contribution in [3.8, 4) is 5.69 Å². The minimum Gasteiger partial charge on any atom is -0.459 e. The fraction of sp³-hybridized carbons (Fsp3) is 0.581. The highest BCUT2D eigenvalue weighted by molar-refractivity contribution is 7.99. The van der Waals surface area contributed by atoms with Crippen molar-refractivity contribution >= 4 is 36.3 Å². The average Bonchev–Trinajstić information content (AvgIpc) is 3.65. The summed E-state index contributed by atoms with van der Waals surface area (Å²) in [6, 6.07) is 13.0. The van der Waals surface area contributed by atoms with Crippen LogP contribution in [0.1, 0.15) is 102 Å². The van der Waals surface area contributed by atoms with Gasteiger partial charge in [0.1, 0.15) is 19.8 Å². The molecular weight excluding hydrogens is 489 g/mol. The molecule has 2 saturated carbocycles. The Morgan fingerprint density at radius 1 is 1.11 bits per heavy atom. The van der Waals surface area contributed by atoms with Crippen molar-refractivity contribution in [2.45, 2.75) is 113 Å². The van der Waals surface area contributed by atoms with Gasteiger partial charge in [0.2, 0.25) is 0 Å². The summed E-state index contributed by atoms with van der Waals surface area (Å²) in [4.78, 5) is 13.3. The van der Waals surface area contributed by atoms with Gasteiger partial charge in [-0.1, -0.05) is 100 Å². The van der Waals surface area contributed by atoms with Crippen molar-refractivity contribution in [2.24, 2.45) is 0 Å². The molecule has 1 heterocycles. The van der Waals surface area contributed by atoms with Crippen LogP contribution >= 0.6 is 11.8 Å². The fourth-order valence-electron chi connectivity index (χ4n) is 6.36. The smallest absolute Gasteiger partial charge is 0.316 e. The molecule has 1 atom stereocenters. The summed E-state index contributed by atoms with van der Waals surface area (Å²) >= 11 is 1.42. The zero-order valence-corrected chi connectivity index (χ0v) is 24.2. The molecule has 0 N–H and O–H groups in total. The highest BCUT2D eigenvalue weighted by Gasteiger charge is 2.46. The Morgan fingerprint density at radius 2 is 1.82 bits per heavy atom. The largest absolute Gasteiger partial charge is 0.459 e. The first kappa shape index (κ1) is 27.3. The molecule has 0 bridgehead atoms. The molecule has 0 spiro atoms. The van der Waals surface area contributed by atoms with E-state index in [0.29, 0.717) is 5.92 Å². The third-order valence-electron chi connectivity index (χ3n) is 9.13. The second-order valence-electron chi connectivity index (χ2n) is 11.9. The average molecular weight is 532 g/mol. The van der Waals surface area contributed by atoms with Gasteiger partial charge in [0.05, 0.1) is 11.4 Å². The van der Waals surface area contributed by atoms with E-state index in [4.69, 9.17) is 4.74 Å². The van der Waals surface area contributed by atoms with Gasteiger partial charge in [0, 0.05) is 5.39 Å². The number of carbonyl (C=O) groups is 1. The van der Waals surface area contributed by atoms with Crippen LogP contribution in [0.2, 0.25) is 5.31 Å². The summed E-state index contributed by atoms with van der Waals surface area (Å²) in [7, 11) is 2.36. The summed E-state index contributed by atoms with van der Waals surface area (Å²) in [6.07, 6.45) is 16.0. The molecule has 0 aliphatic heterocycles. The summed E-state index contributed by atoms with van der Waals surface area (Å²) in [5, 5.41) is 11.8. The molecule has 2 aliphatic rings. The lowest BCUT2D eigenvalue weighted by molar-refractivity contribution is -0.161. The predicted molar refractivity (Wildman–Crippen MR) is 159 cm³/mol. The van der Waals surface area contributed by atoms with Gasteiger partial charge in [-0.05, 0) is 60.9 Å². The van der Waals surface area contributed by atoms with E-state index in [-0.39, 0.29) is 17.0 Å². The molecule has 5 rings (SSSR count). The molecule has 0 amide bonds. The van der Waals surface area contributed by atoms with Crippen LogP contribution in [-0.4, -0.2) is 39.9 Å². The number of unbranched alkanes of at least 4 members (excludes halogenated alkanes) is 1. The van der Waals surface area contributed by atoms with Gasteiger partial charge in [0.25, 0.3) is 0 Å². The van der Waals surface area contributed by atoms with Gasteiger partial charge in [-0.2, -0.15) is 0 Å². The van der Waals surface area contributed by atoms with Crippen molar-refractivity contribution in [2.75, 3.05) is 5.75 Å². The van der Waals surface area contributed by atoms with E-state index in [1.54, 1.807) is 6.33 Å². The van der Waals surface area contributed by atoms with Crippen molar-refractivity contribution in [3.63, 3.8) is 0 Å². The zero-order chi connectivity index (χ0) is 26.6. The molecule has 0 saturated heterocycles. The highest BCUT2D eigenvalue weighted by Crippen LogP contribution is 2.51. The maximum atomic E-state index is 13.3. The lowest BCUT2D eigenvalue weighted by atomic mass is 9.52. The molecule has 1 aromatic heterocycles. The Balaban J connectivity index is 1.32. The van der Waals surface area contributed by atoms with Gasteiger partial charge in [-0.25, -0.2) is 0 Å². The van der Waals surface area contributed by atoms with Crippen LogP contribution in [0.4, 0.5) is 0 Å². The number of nitrogens with zero attached hydrogens (tertiary/aromatic N) is 3. The molecule has 2 aromatic carbocycles. The molecule has 7 heteroatoms. The topological polar surface area (TPSA) is 57.0 Å². The third kappa shape index (κ3) is 5.83. The number of hydrogen-bond donors (Lipinski definition) is 0. The van der Waals surface area contributed by atoms with Gasteiger partial charge in [-0.3, -0.25) is 9.36 Å². The van der Waals surface area contributed by atoms with E-state index in [1.807, 2.05) is 4.57 Å². The SMILES string of the molecule is BC1(C(C)(CCCC)OC(=O)CSc2nncn2-c2ccc(C3CC3)c3ccccc23)CCCCCCC1. The molecule has 1 unspecified atom stereocenters. The number of esters is 1. The summed E-state index contributed by atoms with van der Waals surface area (Å²) in [5.74, 6) is 0.759. The standard InChI is InChI=1S/C31H42BN3O2S/c1-3-4-18-30(2,31(32)19-10-6-5-7-11-20-31)37-28(36)21-38-29-34-33-22-35(29)27-17-16-24(23-14-15-23)25-12-8-9-13-26(25)27/h8-9,12-13,16-17,22-23H,3-7,10-11,14-15,18-21,32H2,1-2H3. The number of fused-ring (bicyclic) bond motifs is 1. The lowest BCUT2D eigenvalue weighted by Gasteiger charge is -2.47. The number of benzene rings is 2. The maximum Gasteiger partial charge on any atom is 0.316 e. The maximum absolute atomic E-state index is 13.3. The van der Waals surface area contributed by atoms with E-state index < -0.39 is 5.60 Å². The molecular formula is C31H42BN3O2S. The Bertz CT molecular complexity index is 1250. The molecule has 2 aliphatic carbocycles. The number of hydrogen-bond acceptors (Lipinski definition) is 5. The number of rotatable bonds is 10. The summed E-state index contributed by atoms with van der Waals surface area (Å²) in [6.45, 7) is 4.41. The Labute approximate surface area is 232 Å². The Kier molecular flexibility index (Phi) is 8.51. The second kappa shape index (κ2) is 11.9. The second-order valence-corrected chi connectivity index (χ2v) is 12.8. The van der Waals surface area contributed by atoms with Crippen molar-refractivity contribution < 1.29 is 9.53 Å². The first-order valence-electron chi connectivity index (χ1n) is 14.7. The minimum atomic E-state index is -0.444. The van der Waals surface area contributed by atoms with Gasteiger partial charge >= 0.3 is 5.97 Å². The number of ether oxygens (including phenoxy) is 1. The Hall–Kier alpha value is -2.28. The summed E-state index contributed by atoms with van der Waals surface area (Å²) < 4.78 is 8.44. The predicted octanol–water partition coefficient (Wildman–Crippen LogP) is 7.42. The van der Waals surface area contributed by atoms with Crippen molar-refractivity contribution in [1.29, 1.82) is 0 Å². The van der Waals surface area contributed by atoms with Crippen LogP contribution in [0, 0.1) is 0 Å². The molecule has 5 nitrogen and oxygen atoms in total. The Morgan fingerprint density at radius 3 is 2.53 bits per heavy atom. The summed E-state index contributed by atoms with van der Waals surface area (Å²) in [5.41, 5.74) is 2.05. The van der Waals surface area contributed by atoms with E-state index in [9.17, 15) is 4.79 Å². The highest BCUT2D eigenvalue weighted by atomic mass is 32.2. The minimum absolute atomic E-state index is 0.0190. The van der Waals surface area contributed by atoms with Crippen molar-refractivity contribution in [1.82, 2.24) is 14.8 Å². The van der Waals surface area contributed by atoms with E-state index in [2.05, 4.69) is 68.3 Å².